The average molecular weight is 186 g/mol. The summed E-state index contributed by atoms with van der Waals surface area (Å²) in [6.07, 6.45) is 0. The van der Waals surface area contributed by atoms with E-state index in [4.69, 9.17) is 11.5 Å². The third-order valence-corrected chi connectivity index (χ3v) is 2.59. The van der Waals surface area contributed by atoms with Gasteiger partial charge in [0, 0.05) is 17.6 Å². The third kappa shape index (κ3) is 1.34. The van der Waals surface area contributed by atoms with Crippen LogP contribution in [0, 0.1) is 6.92 Å². The molecule has 2 aromatic carbocycles. The fourth-order valence-electron chi connectivity index (χ4n) is 1.73. The summed E-state index contributed by atoms with van der Waals surface area (Å²) >= 11 is 0. The third-order valence-electron chi connectivity index (χ3n) is 2.59. The number of rotatable bonds is 1. The largest absolute Gasteiger partial charge is 0.398 e. The molecule has 0 amide bonds. The summed E-state index contributed by atoms with van der Waals surface area (Å²) in [6.45, 7) is 2.64. The second-order valence-corrected chi connectivity index (χ2v) is 3.55. The lowest BCUT2D eigenvalue weighted by atomic mass is 10.0. The molecule has 72 valence electrons. The van der Waals surface area contributed by atoms with Gasteiger partial charge >= 0.3 is 0 Å². The zero-order valence-corrected chi connectivity index (χ0v) is 8.25. The number of aryl methyl sites for hydroxylation is 1. The quantitative estimate of drug-likeness (QED) is 0.671. The van der Waals surface area contributed by atoms with E-state index in [1.165, 1.54) is 10.9 Å². The first kappa shape index (κ1) is 9.03. The molecule has 0 radical (unpaired) electrons. The van der Waals surface area contributed by atoms with Gasteiger partial charge in [0.1, 0.15) is 0 Å². The Kier molecular flexibility index (Phi) is 2.14. The van der Waals surface area contributed by atoms with Crippen LogP contribution in [0.1, 0.15) is 11.1 Å². The van der Waals surface area contributed by atoms with Crippen molar-refractivity contribution in [3.05, 3.63) is 41.5 Å². The van der Waals surface area contributed by atoms with E-state index in [9.17, 15) is 0 Å². The first-order valence-electron chi connectivity index (χ1n) is 4.70. The first-order chi connectivity index (χ1) is 6.72. The number of fused-ring (bicyclic) bond motifs is 1. The van der Waals surface area contributed by atoms with Gasteiger partial charge in [-0.05, 0) is 35.6 Å². The second-order valence-electron chi connectivity index (χ2n) is 3.55. The lowest BCUT2D eigenvalue weighted by Crippen LogP contribution is -1.99. The molecular weight excluding hydrogens is 172 g/mol. The zero-order chi connectivity index (χ0) is 10.1. The first-order valence-corrected chi connectivity index (χ1v) is 4.70. The highest BCUT2D eigenvalue weighted by molar-refractivity contribution is 5.93. The van der Waals surface area contributed by atoms with Gasteiger partial charge < -0.3 is 11.5 Å². The van der Waals surface area contributed by atoms with Crippen molar-refractivity contribution < 1.29 is 0 Å². The normalized spacial score (nSPS) is 10.7. The minimum Gasteiger partial charge on any atom is -0.398 e. The molecule has 0 aromatic heterocycles. The summed E-state index contributed by atoms with van der Waals surface area (Å²) in [7, 11) is 0. The van der Waals surface area contributed by atoms with E-state index in [0.29, 0.717) is 6.54 Å². The standard InChI is InChI=1S/C12H14N2/c1-8-5-9-3-2-4-12(14)11(9)6-10(8)7-13/h2-6H,7,13-14H2,1H3. The molecule has 0 saturated heterocycles. The Hall–Kier alpha value is -1.54. The molecule has 0 atom stereocenters. The maximum absolute atomic E-state index is 5.89. The van der Waals surface area contributed by atoms with Gasteiger partial charge in [-0.1, -0.05) is 18.2 Å². The van der Waals surface area contributed by atoms with Crippen LogP contribution in [-0.2, 0) is 6.54 Å². The van der Waals surface area contributed by atoms with E-state index < -0.39 is 0 Å². The van der Waals surface area contributed by atoms with Crippen LogP contribution in [0.25, 0.3) is 10.8 Å². The predicted octanol–water partition coefficient (Wildman–Crippen LogP) is 2.19. The maximum Gasteiger partial charge on any atom is 0.0393 e. The Morgan fingerprint density at radius 2 is 2.00 bits per heavy atom. The summed E-state index contributed by atoms with van der Waals surface area (Å²) in [6, 6.07) is 10.2. The summed E-state index contributed by atoms with van der Waals surface area (Å²) < 4.78 is 0. The van der Waals surface area contributed by atoms with Crippen molar-refractivity contribution in [3.63, 3.8) is 0 Å². The summed E-state index contributed by atoms with van der Waals surface area (Å²) in [5.41, 5.74) is 14.7. The molecular formula is C12H14N2. The fraction of sp³-hybridized carbons (Fsp3) is 0.167. The molecule has 2 aromatic rings. The molecule has 0 aliphatic heterocycles. The lowest BCUT2D eigenvalue weighted by Gasteiger charge is -2.07. The number of anilines is 1. The van der Waals surface area contributed by atoms with Gasteiger partial charge in [-0.15, -0.1) is 0 Å². The van der Waals surface area contributed by atoms with Crippen LogP contribution in [0.5, 0.6) is 0 Å². The molecule has 0 aliphatic rings. The SMILES string of the molecule is Cc1cc2cccc(N)c2cc1CN. The van der Waals surface area contributed by atoms with E-state index in [-0.39, 0.29) is 0 Å². The van der Waals surface area contributed by atoms with Crippen LogP contribution < -0.4 is 11.5 Å². The summed E-state index contributed by atoms with van der Waals surface area (Å²) in [5.74, 6) is 0. The highest BCUT2D eigenvalue weighted by atomic mass is 14.6. The van der Waals surface area contributed by atoms with Gasteiger partial charge in [0.15, 0.2) is 0 Å². The van der Waals surface area contributed by atoms with Gasteiger partial charge in [-0.3, -0.25) is 0 Å². The molecule has 0 fully saturated rings. The molecule has 0 spiro atoms. The number of hydrogen-bond donors (Lipinski definition) is 2. The highest BCUT2D eigenvalue weighted by Gasteiger charge is 2.01. The van der Waals surface area contributed by atoms with Crippen molar-refractivity contribution >= 4 is 16.5 Å². The number of nitrogen functional groups attached to an aromatic ring is 1. The van der Waals surface area contributed by atoms with Crippen LogP contribution in [0.4, 0.5) is 5.69 Å². The summed E-state index contributed by atoms with van der Waals surface area (Å²) in [4.78, 5) is 0. The van der Waals surface area contributed by atoms with Crippen molar-refractivity contribution in [1.29, 1.82) is 0 Å². The molecule has 4 N–H and O–H groups in total. The predicted molar refractivity (Wildman–Crippen MR) is 61.0 cm³/mol. The van der Waals surface area contributed by atoms with Crippen molar-refractivity contribution in [2.45, 2.75) is 13.5 Å². The van der Waals surface area contributed by atoms with Gasteiger partial charge in [-0.25, -0.2) is 0 Å². The minimum atomic E-state index is 0.566. The van der Waals surface area contributed by atoms with E-state index in [1.54, 1.807) is 0 Å². The molecule has 0 unspecified atom stereocenters. The van der Waals surface area contributed by atoms with Gasteiger partial charge in [-0.2, -0.15) is 0 Å². The van der Waals surface area contributed by atoms with Crippen molar-refractivity contribution in [2.75, 3.05) is 5.73 Å². The van der Waals surface area contributed by atoms with E-state index in [2.05, 4.69) is 25.1 Å². The van der Waals surface area contributed by atoms with E-state index in [0.717, 1.165) is 16.6 Å². The number of hydrogen-bond acceptors (Lipinski definition) is 2. The average Bonchev–Trinajstić information content (AvgIpc) is 2.17. The van der Waals surface area contributed by atoms with Crippen LogP contribution in [0.15, 0.2) is 30.3 Å². The summed E-state index contributed by atoms with van der Waals surface area (Å²) in [5, 5.41) is 2.28. The molecule has 2 rings (SSSR count). The molecule has 0 saturated carbocycles. The van der Waals surface area contributed by atoms with Gasteiger partial charge in [0.2, 0.25) is 0 Å². The highest BCUT2D eigenvalue weighted by Crippen LogP contribution is 2.24. The Labute approximate surface area is 83.5 Å². The maximum atomic E-state index is 5.89. The van der Waals surface area contributed by atoms with Crippen molar-refractivity contribution in [3.8, 4) is 0 Å². The Bertz CT molecular complexity index is 475. The molecule has 0 heterocycles. The molecule has 14 heavy (non-hydrogen) atoms. The fourth-order valence-corrected chi connectivity index (χ4v) is 1.73. The number of benzene rings is 2. The smallest absolute Gasteiger partial charge is 0.0393 e. The Morgan fingerprint density at radius 3 is 2.71 bits per heavy atom. The van der Waals surface area contributed by atoms with Crippen LogP contribution in [0.3, 0.4) is 0 Å². The molecule has 2 nitrogen and oxygen atoms in total. The lowest BCUT2D eigenvalue weighted by molar-refractivity contribution is 1.05. The van der Waals surface area contributed by atoms with Gasteiger partial charge in [0.05, 0.1) is 0 Å². The zero-order valence-electron chi connectivity index (χ0n) is 8.25. The molecule has 2 heteroatoms. The minimum absolute atomic E-state index is 0.566. The van der Waals surface area contributed by atoms with Crippen LogP contribution >= 0.6 is 0 Å². The van der Waals surface area contributed by atoms with Crippen molar-refractivity contribution in [2.24, 2.45) is 5.73 Å². The van der Waals surface area contributed by atoms with Crippen molar-refractivity contribution in [1.82, 2.24) is 0 Å². The number of nitrogens with two attached hydrogens (primary N) is 2. The Morgan fingerprint density at radius 1 is 1.21 bits per heavy atom. The Balaban J connectivity index is 2.80. The van der Waals surface area contributed by atoms with Gasteiger partial charge in [0.25, 0.3) is 0 Å². The monoisotopic (exact) mass is 186 g/mol. The van der Waals surface area contributed by atoms with Crippen LogP contribution in [-0.4, -0.2) is 0 Å². The molecule has 0 bridgehead atoms. The van der Waals surface area contributed by atoms with E-state index >= 15 is 0 Å². The van der Waals surface area contributed by atoms with Crippen LogP contribution in [0.2, 0.25) is 0 Å². The van der Waals surface area contributed by atoms with E-state index in [1.807, 2.05) is 12.1 Å². The topological polar surface area (TPSA) is 52.0 Å². The second kappa shape index (κ2) is 3.31. The molecule has 0 aliphatic carbocycles.